The van der Waals surface area contributed by atoms with Crippen molar-refractivity contribution in [2.45, 2.75) is 96.9 Å². The van der Waals surface area contributed by atoms with Gasteiger partial charge in [0.25, 0.3) is 0 Å². The molecule has 5 rings (SSSR count). The third-order valence-electron chi connectivity index (χ3n) is 4.40. The Hall–Kier alpha value is -3.86. The Labute approximate surface area is 251 Å². The van der Waals surface area contributed by atoms with Crippen LogP contribution in [-0.4, -0.2) is 20.2 Å². The van der Waals surface area contributed by atoms with Gasteiger partial charge >= 0.3 is 0 Å². The fraction of sp³-hybridized carbons (Fsp3) is 0.389. The number of nitrogens with zero attached hydrogens (tertiary/aromatic N) is 4. The molecule has 0 aliphatic rings. The van der Waals surface area contributed by atoms with E-state index in [1.54, 1.807) is 12.4 Å². The van der Waals surface area contributed by atoms with Crippen molar-refractivity contribution in [1.29, 1.82) is 0 Å². The Bertz CT molecular complexity index is 1090. The second-order valence-corrected chi connectivity index (χ2v) is 6.69. The van der Waals surface area contributed by atoms with E-state index in [1.165, 1.54) is 11.1 Å². The van der Waals surface area contributed by atoms with Crippen LogP contribution in [0, 0.1) is 13.8 Å². The topological polar surface area (TPSA) is 64.7 Å². The van der Waals surface area contributed by atoms with E-state index in [-0.39, 0.29) is 0 Å². The minimum atomic E-state index is 0.551. The molecule has 0 N–H and O–H groups in total. The number of para-hydroxylation sites is 2. The zero-order valence-electron chi connectivity index (χ0n) is 28.3. The van der Waals surface area contributed by atoms with Gasteiger partial charge in [0.05, 0.1) is 11.0 Å². The van der Waals surface area contributed by atoms with Crippen LogP contribution in [0.2, 0.25) is 0 Å². The van der Waals surface area contributed by atoms with E-state index in [2.05, 4.69) is 34.0 Å². The number of fused-ring (bicyclic) bond motifs is 1. The quantitative estimate of drug-likeness (QED) is 0.215. The molecule has 0 aliphatic carbocycles. The lowest BCUT2D eigenvalue weighted by molar-refractivity contribution is 0.584. The first kappa shape index (κ1) is 41.6. The van der Waals surface area contributed by atoms with Crippen LogP contribution in [0.3, 0.4) is 0 Å². The molecule has 0 saturated carbocycles. The van der Waals surface area contributed by atoms with Gasteiger partial charge < -0.3 is 4.42 Å². The molecule has 0 fully saturated rings. The van der Waals surface area contributed by atoms with E-state index in [4.69, 9.17) is 4.42 Å². The average molecular weight is 561 g/mol. The molecule has 2 aromatic heterocycles. The maximum Gasteiger partial charge on any atom is 0.248 e. The summed E-state index contributed by atoms with van der Waals surface area (Å²) in [6.45, 7) is 28.1. The van der Waals surface area contributed by atoms with Crippen LogP contribution in [0.1, 0.15) is 94.2 Å². The molecule has 0 bridgehead atoms. The average Bonchev–Trinajstić information content (AvgIpc) is 3.58. The molecule has 0 saturated heterocycles. The van der Waals surface area contributed by atoms with E-state index in [1.807, 2.05) is 156 Å². The monoisotopic (exact) mass is 560 g/mol. The van der Waals surface area contributed by atoms with Gasteiger partial charge in [0.1, 0.15) is 0 Å². The molecule has 0 amide bonds. The standard InChI is InChI=1S/C16H14N2O.C8H6N2.6C2H6/c1-11-3-7-13(8-4-11)15-17-18-16(19-15)14-9-5-12(2)6-10-14;1-2-4-8-7(3-1)9-5-6-10-8;6*1-2/h3-10H,1-2H3;1-6H;6*1-2H3. The molecule has 2 heterocycles. The summed E-state index contributed by atoms with van der Waals surface area (Å²) >= 11 is 0. The number of aromatic nitrogens is 4. The Morgan fingerprint density at radius 1 is 0.415 bits per heavy atom. The lowest BCUT2D eigenvalue weighted by Gasteiger charge is -1.96. The molecule has 0 radical (unpaired) electrons. The number of hydrogen-bond acceptors (Lipinski definition) is 5. The van der Waals surface area contributed by atoms with Crippen LogP contribution in [0.4, 0.5) is 0 Å². The maximum atomic E-state index is 5.71. The van der Waals surface area contributed by atoms with Crippen molar-refractivity contribution in [2.75, 3.05) is 0 Å². The Morgan fingerprint density at radius 3 is 1.00 bits per heavy atom. The van der Waals surface area contributed by atoms with Crippen molar-refractivity contribution in [3.63, 3.8) is 0 Å². The van der Waals surface area contributed by atoms with Gasteiger partial charge in [-0.3, -0.25) is 9.97 Å². The third kappa shape index (κ3) is 16.1. The van der Waals surface area contributed by atoms with Crippen LogP contribution < -0.4 is 0 Å². The Morgan fingerprint density at radius 2 is 0.707 bits per heavy atom. The van der Waals surface area contributed by atoms with Crippen molar-refractivity contribution >= 4 is 11.0 Å². The van der Waals surface area contributed by atoms with Gasteiger partial charge in [0.15, 0.2) is 0 Å². The summed E-state index contributed by atoms with van der Waals surface area (Å²) in [7, 11) is 0. The lowest BCUT2D eigenvalue weighted by atomic mass is 10.1. The fourth-order valence-electron chi connectivity index (χ4n) is 2.76. The zero-order chi connectivity index (χ0) is 32.1. The molecule has 0 spiro atoms. The molecular weight excluding hydrogens is 504 g/mol. The summed E-state index contributed by atoms with van der Waals surface area (Å²) < 4.78 is 5.71. The molecule has 0 unspecified atom stereocenters. The minimum absolute atomic E-state index is 0.551. The first-order chi connectivity index (χ1) is 20.2. The number of aryl methyl sites for hydroxylation is 2. The van der Waals surface area contributed by atoms with E-state index in [9.17, 15) is 0 Å². The number of benzene rings is 3. The summed E-state index contributed by atoms with van der Waals surface area (Å²) in [5.74, 6) is 1.10. The van der Waals surface area contributed by atoms with E-state index >= 15 is 0 Å². The van der Waals surface area contributed by atoms with Crippen molar-refractivity contribution in [3.05, 3.63) is 96.3 Å². The normalized spacial score (nSPS) is 8.24. The van der Waals surface area contributed by atoms with Gasteiger partial charge in [-0.05, 0) is 50.2 Å². The van der Waals surface area contributed by atoms with Gasteiger partial charge in [0, 0.05) is 23.5 Å². The summed E-state index contributed by atoms with van der Waals surface area (Å²) in [4.78, 5) is 8.24. The summed E-state index contributed by atoms with van der Waals surface area (Å²) in [6, 6.07) is 23.9. The van der Waals surface area contributed by atoms with Crippen LogP contribution in [0.15, 0.2) is 89.6 Å². The highest BCUT2D eigenvalue weighted by Crippen LogP contribution is 2.24. The lowest BCUT2D eigenvalue weighted by Crippen LogP contribution is -1.78. The second kappa shape index (κ2) is 29.1. The molecule has 226 valence electrons. The van der Waals surface area contributed by atoms with Gasteiger partial charge in [-0.25, -0.2) is 0 Å². The van der Waals surface area contributed by atoms with Crippen LogP contribution >= 0.6 is 0 Å². The molecule has 5 nitrogen and oxygen atoms in total. The van der Waals surface area contributed by atoms with E-state index in [0.717, 1.165) is 22.2 Å². The molecule has 5 heteroatoms. The van der Waals surface area contributed by atoms with Gasteiger partial charge in [-0.1, -0.05) is 131 Å². The molecule has 5 aromatic rings. The van der Waals surface area contributed by atoms with Crippen molar-refractivity contribution in [3.8, 4) is 22.9 Å². The van der Waals surface area contributed by atoms with E-state index in [0.29, 0.717) is 11.8 Å². The van der Waals surface area contributed by atoms with Crippen LogP contribution in [0.25, 0.3) is 33.9 Å². The molecule has 41 heavy (non-hydrogen) atoms. The van der Waals surface area contributed by atoms with Crippen LogP contribution in [0.5, 0.6) is 0 Å². The van der Waals surface area contributed by atoms with Crippen molar-refractivity contribution < 1.29 is 4.42 Å². The largest absolute Gasteiger partial charge is 0.416 e. The smallest absolute Gasteiger partial charge is 0.248 e. The first-order valence-corrected chi connectivity index (χ1v) is 15.3. The summed E-state index contributed by atoms with van der Waals surface area (Å²) in [5, 5.41) is 8.20. The second-order valence-electron chi connectivity index (χ2n) is 6.69. The number of hydrogen-bond donors (Lipinski definition) is 0. The molecule has 3 aromatic carbocycles. The number of rotatable bonds is 2. The molecule has 0 aliphatic heterocycles. The Kier molecular flexibility index (Phi) is 29.6. The van der Waals surface area contributed by atoms with Crippen molar-refractivity contribution in [2.24, 2.45) is 0 Å². The molecular formula is C36H56N4O. The minimum Gasteiger partial charge on any atom is -0.416 e. The van der Waals surface area contributed by atoms with Crippen LogP contribution in [-0.2, 0) is 0 Å². The van der Waals surface area contributed by atoms with Crippen molar-refractivity contribution in [1.82, 2.24) is 20.2 Å². The van der Waals surface area contributed by atoms with E-state index < -0.39 is 0 Å². The SMILES string of the molecule is CC.CC.CC.CC.CC.CC.Cc1ccc(-c2nnc(-c3ccc(C)cc3)o2)cc1.c1ccc2nccnc2c1. The van der Waals surface area contributed by atoms with Gasteiger partial charge in [0.2, 0.25) is 11.8 Å². The third-order valence-corrected chi connectivity index (χ3v) is 4.40. The maximum absolute atomic E-state index is 5.71. The Balaban J connectivity index is -0.000000556. The summed E-state index contributed by atoms with van der Waals surface area (Å²) in [5.41, 5.74) is 6.20. The summed E-state index contributed by atoms with van der Waals surface area (Å²) in [6.07, 6.45) is 3.39. The van der Waals surface area contributed by atoms with Gasteiger partial charge in [-0.15, -0.1) is 10.2 Å². The fourth-order valence-corrected chi connectivity index (χ4v) is 2.76. The first-order valence-electron chi connectivity index (χ1n) is 15.3. The molecule has 0 atom stereocenters. The van der Waals surface area contributed by atoms with Gasteiger partial charge in [-0.2, -0.15) is 0 Å². The predicted octanol–water partition coefficient (Wildman–Crippen LogP) is 11.8. The highest BCUT2D eigenvalue weighted by atomic mass is 16.4. The highest BCUT2D eigenvalue weighted by Gasteiger charge is 2.09. The predicted molar refractivity (Wildman–Crippen MR) is 182 cm³/mol. The highest BCUT2D eigenvalue weighted by molar-refractivity contribution is 5.73. The zero-order valence-corrected chi connectivity index (χ0v) is 28.3.